The van der Waals surface area contributed by atoms with Crippen LogP contribution in [0.15, 0.2) is 24.3 Å². The van der Waals surface area contributed by atoms with Gasteiger partial charge in [0.2, 0.25) is 5.91 Å². The van der Waals surface area contributed by atoms with Crippen LogP contribution < -0.4 is 15.8 Å². The second-order valence-corrected chi connectivity index (χ2v) is 4.80. The molecule has 1 amide bonds. The first-order chi connectivity index (χ1) is 9.11. The lowest BCUT2D eigenvalue weighted by Crippen LogP contribution is -2.45. The number of thiocarbonyl (C=S) groups is 1. The highest BCUT2D eigenvalue weighted by atomic mass is 32.1. The molecule has 102 valence electrons. The van der Waals surface area contributed by atoms with E-state index >= 15 is 0 Å². The number of nitrogens with two attached hydrogens (primary N) is 1. The molecular formula is C13H17N3O2S. The zero-order valence-corrected chi connectivity index (χ0v) is 11.6. The first-order valence-corrected chi connectivity index (χ1v) is 6.53. The largest absolute Gasteiger partial charge is 0.497 e. The monoisotopic (exact) mass is 279 g/mol. The van der Waals surface area contributed by atoms with Crippen LogP contribution in [0.5, 0.6) is 5.75 Å². The summed E-state index contributed by atoms with van der Waals surface area (Å²) in [6, 6.07) is 7.15. The maximum Gasteiger partial charge on any atom is 0.240 e. The normalized spacial score (nSPS) is 18.2. The van der Waals surface area contributed by atoms with Gasteiger partial charge in [0, 0.05) is 12.2 Å². The Morgan fingerprint density at radius 1 is 1.47 bits per heavy atom. The molecule has 0 unspecified atom stereocenters. The molecule has 0 saturated carbocycles. The third kappa shape index (κ3) is 3.14. The summed E-state index contributed by atoms with van der Waals surface area (Å²) in [6.45, 7) is 0.760. The number of hydrogen-bond acceptors (Lipinski definition) is 3. The number of nitrogens with one attached hydrogen (secondary N) is 1. The summed E-state index contributed by atoms with van der Waals surface area (Å²) in [5, 5.41) is 3.65. The Labute approximate surface area is 117 Å². The molecule has 19 heavy (non-hydrogen) atoms. The number of nitrogens with zero attached hydrogens (tertiary/aromatic N) is 1. The molecular weight excluding hydrogens is 262 g/mol. The molecule has 1 aliphatic rings. The van der Waals surface area contributed by atoms with Crippen molar-refractivity contribution in [1.29, 1.82) is 0 Å². The maximum atomic E-state index is 11.3. The summed E-state index contributed by atoms with van der Waals surface area (Å²) in [6.07, 6.45) is 1.69. The van der Waals surface area contributed by atoms with Crippen LogP contribution in [0.1, 0.15) is 12.8 Å². The number of anilines is 1. The van der Waals surface area contributed by atoms with E-state index in [1.54, 1.807) is 7.11 Å². The van der Waals surface area contributed by atoms with Gasteiger partial charge in [0.25, 0.3) is 0 Å². The lowest BCUT2D eigenvalue weighted by molar-refractivity contribution is -0.121. The molecule has 0 aromatic heterocycles. The molecule has 0 spiro atoms. The molecule has 5 nitrogen and oxygen atoms in total. The summed E-state index contributed by atoms with van der Waals surface area (Å²) < 4.78 is 5.09. The molecule has 1 aromatic carbocycles. The van der Waals surface area contributed by atoms with Crippen LogP contribution in [0.3, 0.4) is 0 Å². The predicted octanol–water partition coefficient (Wildman–Crippen LogP) is 1.34. The van der Waals surface area contributed by atoms with Gasteiger partial charge in [0.15, 0.2) is 5.11 Å². The zero-order chi connectivity index (χ0) is 13.8. The van der Waals surface area contributed by atoms with Crippen LogP contribution in [-0.2, 0) is 4.79 Å². The second-order valence-electron chi connectivity index (χ2n) is 4.41. The third-order valence-electron chi connectivity index (χ3n) is 3.18. The third-order valence-corrected chi connectivity index (χ3v) is 3.52. The number of benzene rings is 1. The SMILES string of the molecule is COc1ccc(NC(=S)N2CCC[C@H]2C(N)=O)cc1. The van der Waals surface area contributed by atoms with Crippen LogP contribution >= 0.6 is 12.2 Å². The van der Waals surface area contributed by atoms with Gasteiger partial charge in [-0.1, -0.05) is 0 Å². The topological polar surface area (TPSA) is 67.6 Å². The van der Waals surface area contributed by atoms with Crippen molar-refractivity contribution in [2.24, 2.45) is 5.73 Å². The van der Waals surface area contributed by atoms with Gasteiger partial charge in [-0.15, -0.1) is 0 Å². The minimum atomic E-state index is -0.323. The number of primary amides is 1. The summed E-state index contributed by atoms with van der Waals surface area (Å²) >= 11 is 5.33. The number of carbonyl (C=O) groups excluding carboxylic acids is 1. The molecule has 1 aliphatic heterocycles. The molecule has 0 aliphatic carbocycles. The summed E-state index contributed by atoms with van der Waals surface area (Å²) in [4.78, 5) is 13.2. The predicted molar refractivity (Wildman–Crippen MR) is 78.1 cm³/mol. The van der Waals surface area contributed by atoms with E-state index in [1.807, 2.05) is 29.2 Å². The van der Waals surface area contributed by atoms with Crippen molar-refractivity contribution in [3.63, 3.8) is 0 Å². The molecule has 2 rings (SSSR count). The van der Waals surface area contributed by atoms with Crippen molar-refractivity contribution in [1.82, 2.24) is 4.90 Å². The van der Waals surface area contributed by atoms with Crippen LogP contribution in [0, 0.1) is 0 Å². The number of likely N-dealkylation sites (tertiary alicyclic amines) is 1. The number of hydrogen-bond donors (Lipinski definition) is 2. The van der Waals surface area contributed by atoms with Gasteiger partial charge in [0.1, 0.15) is 11.8 Å². The van der Waals surface area contributed by atoms with Gasteiger partial charge >= 0.3 is 0 Å². The van der Waals surface area contributed by atoms with Crippen molar-refractivity contribution in [3.05, 3.63) is 24.3 Å². The lowest BCUT2D eigenvalue weighted by Gasteiger charge is -2.25. The Balaban J connectivity index is 2.01. The zero-order valence-electron chi connectivity index (χ0n) is 10.8. The van der Waals surface area contributed by atoms with Gasteiger partial charge in [-0.25, -0.2) is 0 Å². The molecule has 1 saturated heterocycles. The molecule has 1 atom stereocenters. The van der Waals surface area contributed by atoms with E-state index in [0.29, 0.717) is 5.11 Å². The fraction of sp³-hybridized carbons (Fsp3) is 0.385. The molecule has 1 heterocycles. The van der Waals surface area contributed by atoms with E-state index in [0.717, 1.165) is 30.8 Å². The molecule has 0 bridgehead atoms. The highest BCUT2D eigenvalue weighted by Crippen LogP contribution is 2.20. The Morgan fingerprint density at radius 3 is 2.74 bits per heavy atom. The van der Waals surface area contributed by atoms with Crippen LogP contribution in [0.4, 0.5) is 5.69 Å². The van der Waals surface area contributed by atoms with Gasteiger partial charge in [-0.2, -0.15) is 0 Å². The van der Waals surface area contributed by atoms with Gasteiger partial charge < -0.3 is 20.7 Å². The molecule has 0 radical (unpaired) electrons. The van der Waals surface area contributed by atoms with Crippen molar-refractivity contribution < 1.29 is 9.53 Å². The standard InChI is InChI=1S/C13H17N3O2S/c1-18-10-6-4-9(5-7-10)15-13(19)16-8-2-3-11(16)12(14)17/h4-7,11H,2-3,8H2,1H3,(H2,14,17)(H,15,19)/t11-/m0/s1. The van der Waals surface area contributed by atoms with E-state index in [-0.39, 0.29) is 11.9 Å². The molecule has 1 fully saturated rings. The fourth-order valence-electron chi connectivity index (χ4n) is 2.18. The summed E-state index contributed by atoms with van der Waals surface area (Å²) in [5.74, 6) is 0.462. The number of methoxy groups -OCH3 is 1. The lowest BCUT2D eigenvalue weighted by atomic mass is 10.2. The Bertz CT molecular complexity index is 475. The number of amides is 1. The van der Waals surface area contributed by atoms with Crippen molar-refractivity contribution in [3.8, 4) is 5.75 Å². The van der Waals surface area contributed by atoms with E-state index < -0.39 is 0 Å². The van der Waals surface area contributed by atoms with E-state index in [1.165, 1.54) is 0 Å². The summed E-state index contributed by atoms with van der Waals surface area (Å²) in [7, 11) is 1.62. The van der Waals surface area contributed by atoms with Gasteiger partial charge in [-0.3, -0.25) is 4.79 Å². The smallest absolute Gasteiger partial charge is 0.240 e. The first-order valence-electron chi connectivity index (χ1n) is 6.13. The second kappa shape index (κ2) is 5.88. The summed E-state index contributed by atoms with van der Waals surface area (Å²) in [5.41, 5.74) is 6.23. The van der Waals surface area contributed by atoms with Crippen LogP contribution in [-0.4, -0.2) is 35.6 Å². The Kier molecular flexibility index (Phi) is 4.21. The quantitative estimate of drug-likeness (QED) is 0.817. The van der Waals surface area contributed by atoms with Crippen molar-refractivity contribution in [2.75, 3.05) is 19.0 Å². The van der Waals surface area contributed by atoms with E-state index in [9.17, 15) is 4.79 Å². The molecule has 6 heteroatoms. The van der Waals surface area contributed by atoms with Crippen molar-refractivity contribution in [2.45, 2.75) is 18.9 Å². The first kappa shape index (κ1) is 13.6. The van der Waals surface area contributed by atoms with Crippen molar-refractivity contribution >= 4 is 28.9 Å². The van der Waals surface area contributed by atoms with Crippen LogP contribution in [0.2, 0.25) is 0 Å². The molecule has 3 N–H and O–H groups in total. The van der Waals surface area contributed by atoms with E-state index in [2.05, 4.69) is 5.32 Å². The minimum absolute atomic E-state index is 0.293. The van der Waals surface area contributed by atoms with E-state index in [4.69, 9.17) is 22.7 Å². The minimum Gasteiger partial charge on any atom is -0.497 e. The van der Waals surface area contributed by atoms with Gasteiger partial charge in [-0.05, 0) is 49.3 Å². The maximum absolute atomic E-state index is 11.3. The Morgan fingerprint density at radius 2 is 2.16 bits per heavy atom. The highest BCUT2D eigenvalue weighted by Gasteiger charge is 2.30. The van der Waals surface area contributed by atoms with Gasteiger partial charge in [0.05, 0.1) is 7.11 Å². The highest BCUT2D eigenvalue weighted by molar-refractivity contribution is 7.80. The fourth-order valence-corrected chi connectivity index (χ4v) is 2.51. The number of rotatable bonds is 3. The average Bonchev–Trinajstić information content (AvgIpc) is 2.89. The number of carbonyl (C=O) groups is 1. The average molecular weight is 279 g/mol. The van der Waals surface area contributed by atoms with Crippen LogP contribution in [0.25, 0.3) is 0 Å². The molecule has 1 aromatic rings. The number of ether oxygens (including phenoxy) is 1. The Hall–Kier alpha value is -1.82.